The van der Waals surface area contributed by atoms with Crippen LogP contribution in [0.15, 0.2) is 30.5 Å². The second-order valence-electron chi connectivity index (χ2n) is 5.72. The SMILES string of the molecule is CC1CN(C)CCN1Cc1cc(F)cc2cccnc12. The van der Waals surface area contributed by atoms with Crippen LogP contribution in [-0.4, -0.2) is 47.5 Å². The van der Waals surface area contributed by atoms with Gasteiger partial charge in [-0.2, -0.15) is 0 Å². The first-order valence-electron chi connectivity index (χ1n) is 7.09. The Morgan fingerprint density at radius 3 is 3.00 bits per heavy atom. The lowest BCUT2D eigenvalue weighted by molar-refractivity contribution is 0.0941. The zero-order valence-corrected chi connectivity index (χ0v) is 12.0. The fourth-order valence-corrected chi connectivity index (χ4v) is 2.98. The molecule has 0 bridgehead atoms. The molecule has 0 saturated carbocycles. The fraction of sp³-hybridized carbons (Fsp3) is 0.438. The molecule has 0 amide bonds. The van der Waals surface area contributed by atoms with Crippen molar-refractivity contribution in [2.45, 2.75) is 19.5 Å². The smallest absolute Gasteiger partial charge is 0.124 e. The van der Waals surface area contributed by atoms with Crippen molar-refractivity contribution in [1.82, 2.24) is 14.8 Å². The average molecular weight is 273 g/mol. The Labute approximate surface area is 119 Å². The summed E-state index contributed by atoms with van der Waals surface area (Å²) in [6.07, 6.45) is 1.77. The predicted molar refractivity (Wildman–Crippen MR) is 79.1 cm³/mol. The molecule has 1 atom stereocenters. The minimum atomic E-state index is -0.178. The summed E-state index contributed by atoms with van der Waals surface area (Å²) in [5, 5.41) is 0.879. The highest BCUT2D eigenvalue weighted by atomic mass is 19.1. The minimum absolute atomic E-state index is 0.178. The number of likely N-dealkylation sites (N-methyl/N-ethyl adjacent to an activating group) is 1. The van der Waals surface area contributed by atoms with Gasteiger partial charge in [-0.1, -0.05) is 6.07 Å². The Morgan fingerprint density at radius 1 is 1.35 bits per heavy atom. The van der Waals surface area contributed by atoms with E-state index < -0.39 is 0 Å². The van der Waals surface area contributed by atoms with Crippen molar-refractivity contribution in [2.24, 2.45) is 0 Å². The predicted octanol–water partition coefficient (Wildman–Crippen LogP) is 2.51. The highest BCUT2D eigenvalue weighted by molar-refractivity contribution is 5.81. The quantitative estimate of drug-likeness (QED) is 0.838. The number of hydrogen-bond donors (Lipinski definition) is 0. The second kappa shape index (κ2) is 5.46. The van der Waals surface area contributed by atoms with Gasteiger partial charge in [0.05, 0.1) is 5.52 Å². The second-order valence-corrected chi connectivity index (χ2v) is 5.72. The topological polar surface area (TPSA) is 19.4 Å². The summed E-state index contributed by atoms with van der Waals surface area (Å²) in [4.78, 5) is 9.17. The number of fused-ring (bicyclic) bond motifs is 1. The maximum atomic E-state index is 13.8. The van der Waals surface area contributed by atoms with Gasteiger partial charge in [0.2, 0.25) is 0 Å². The molecule has 1 saturated heterocycles. The average Bonchev–Trinajstić information content (AvgIpc) is 2.41. The Hall–Kier alpha value is -1.52. The Balaban J connectivity index is 1.90. The van der Waals surface area contributed by atoms with E-state index in [-0.39, 0.29) is 5.82 Å². The van der Waals surface area contributed by atoms with Crippen LogP contribution in [0.4, 0.5) is 4.39 Å². The molecule has 1 aromatic heterocycles. The molecule has 1 aliphatic heterocycles. The number of pyridine rings is 1. The fourth-order valence-electron chi connectivity index (χ4n) is 2.98. The molecule has 0 radical (unpaired) electrons. The summed E-state index contributed by atoms with van der Waals surface area (Å²) >= 11 is 0. The highest BCUT2D eigenvalue weighted by Crippen LogP contribution is 2.21. The van der Waals surface area contributed by atoms with Crippen molar-refractivity contribution in [3.05, 3.63) is 41.8 Å². The third kappa shape index (κ3) is 2.67. The number of aromatic nitrogens is 1. The lowest BCUT2D eigenvalue weighted by Crippen LogP contribution is -2.49. The largest absolute Gasteiger partial charge is 0.304 e. The number of rotatable bonds is 2. The summed E-state index contributed by atoms with van der Waals surface area (Å²) in [6, 6.07) is 7.43. The Morgan fingerprint density at radius 2 is 2.20 bits per heavy atom. The van der Waals surface area contributed by atoms with Crippen LogP contribution in [0.25, 0.3) is 10.9 Å². The Bertz CT molecular complexity index is 614. The standard InChI is InChI=1S/C16H20FN3/c1-12-10-19(2)6-7-20(12)11-14-9-15(17)8-13-4-3-5-18-16(13)14/h3-5,8-9,12H,6-7,10-11H2,1-2H3. The normalized spacial score (nSPS) is 21.4. The molecule has 0 spiro atoms. The molecule has 1 aromatic carbocycles. The summed E-state index contributed by atoms with van der Waals surface area (Å²) in [6.45, 7) is 6.12. The maximum Gasteiger partial charge on any atom is 0.124 e. The molecule has 2 aromatic rings. The summed E-state index contributed by atoms with van der Waals surface area (Å²) in [5.41, 5.74) is 1.90. The van der Waals surface area contributed by atoms with Crippen LogP contribution < -0.4 is 0 Å². The molecule has 1 unspecified atom stereocenters. The monoisotopic (exact) mass is 273 g/mol. The lowest BCUT2D eigenvalue weighted by Gasteiger charge is -2.38. The van der Waals surface area contributed by atoms with Crippen molar-refractivity contribution in [2.75, 3.05) is 26.7 Å². The van der Waals surface area contributed by atoms with Crippen LogP contribution in [-0.2, 0) is 6.54 Å². The third-order valence-electron chi connectivity index (χ3n) is 4.09. The van der Waals surface area contributed by atoms with Gasteiger partial charge in [0.1, 0.15) is 5.82 Å². The van der Waals surface area contributed by atoms with Gasteiger partial charge in [-0.05, 0) is 37.7 Å². The zero-order chi connectivity index (χ0) is 14.1. The van der Waals surface area contributed by atoms with Crippen LogP contribution in [0, 0.1) is 5.82 Å². The molecule has 0 aliphatic carbocycles. The molecule has 0 N–H and O–H groups in total. The van der Waals surface area contributed by atoms with Gasteiger partial charge in [0.25, 0.3) is 0 Å². The van der Waals surface area contributed by atoms with Crippen LogP contribution in [0.5, 0.6) is 0 Å². The van der Waals surface area contributed by atoms with Crippen molar-refractivity contribution in [3.63, 3.8) is 0 Å². The van der Waals surface area contributed by atoms with Gasteiger partial charge in [-0.3, -0.25) is 9.88 Å². The van der Waals surface area contributed by atoms with E-state index in [1.807, 2.05) is 12.1 Å². The van der Waals surface area contributed by atoms with Gasteiger partial charge in [0, 0.05) is 43.8 Å². The van der Waals surface area contributed by atoms with E-state index >= 15 is 0 Å². The molecule has 106 valence electrons. The molecule has 1 fully saturated rings. The molecular formula is C16H20FN3. The van der Waals surface area contributed by atoms with E-state index in [2.05, 4.69) is 28.8 Å². The molecule has 3 rings (SSSR count). The number of nitrogens with zero attached hydrogens (tertiary/aromatic N) is 3. The third-order valence-corrected chi connectivity index (χ3v) is 4.09. The first-order chi connectivity index (χ1) is 9.63. The van der Waals surface area contributed by atoms with Gasteiger partial charge in [-0.15, -0.1) is 0 Å². The van der Waals surface area contributed by atoms with Gasteiger partial charge >= 0.3 is 0 Å². The Kier molecular flexibility index (Phi) is 3.68. The van der Waals surface area contributed by atoms with E-state index in [1.54, 1.807) is 18.3 Å². The number of hydrogen-bond acceptors (Lipinski definition) is 3. The van der Waals surface area contributed by atoms with E-state index in [4.69, 9.17) is 0 Å². The summed E-state index contributed by atoms with van der Waals surface area (Å²) < 4.78 is 13.8. The lowest BCUT2D eigenvalue weighted by atomic mass is 10.1. The molecule has 4 heteroatoms. The van der Waals surface area contributed by atoms with E-state index in [0.29, 0.717) is 6.04 Å². The van der Waals surface area contributed by atoms with Crippen molar-refractivity contribution in [1.29, 1.82) is 0 Å². The number of piperazine rings is 1. The summed E-state index contributed by atoms with van der Waals surface area (Å²) in [5.74, 6) is -0.178. The molecule has 2 heterocycles. The maximum absolute atomic E-state index is 13.8. The van der Waals surface area contributed by atoms with E-state index in [0.717, 1.165) is 42.6 Å². The first kappa shape index (κ1) is 13.5. The molecule has 20 heavy (non-hydrogen) atoms. The first-order valence-corrected chi connectivity index (χ1v) is 7.09. The number of halogens is 1. The highest BCUT2D eigenvalue weighted by Gasteiger charge is 2.22. The van der Waals surface area contributed by atoms with Crippen LogP contribution in [0.1, 0.15) is 12.5 Å². The molecule has 1 aliphatic rings. The van der Waals surface area contributed by atoms with Crippen molar-refractivity contribution >= 4 is 10.9 Å². The van der Waals surface area contributed by atoms with Gasteiger partial charge < -0.3 is 4.90 Å². The summed E-state index contributed by atoms with van der Waals surface area (Å²) in [7, 11) is 2.15. The van der Waals surface area contributed by atoms with Crippen molar-refractivity contribution < 1.29 is 4.39 Å². The van der Waals surface area contributed by atoms with Gasteiger partial charge in [0.15, 0.2) is 0 Å². The van der Waals surface area contributed by atoms with E-state index in [1.165, 1.54) is 0 Å². The van der Waals surface area contributed by atoms with Crippen LogP contribution >= 0.6 is 0 Å². The molecular weight excluding hydrogens is 253 g/mol. The number of benzene rings is 1. The van der Waals surface area contributed by atoms with Crippen molar-refractivity contribution in [3.8, 4) is 0 Å². The zero-order valence-electron chi connectivity index (χ0n) is 12.0. The minimum Gasteiger partial charge on any atom is -0.304 e. The van der Waals surface area contributed by atoms with Gasteiger partial charge in [-0.25, -0.2) is 4.39 Å². The van der Waals surface area contributed by atoms with Crippen LogP contribution in [0.3, 0.4) is 0 Å². The molecule has 3 nitrogen and oxygen atoms in total. The van der Waals surface area contributed by atoms with E-state index in [9.17, 15) is 4.39 Å². The van der Waals surface area contributed by atoms with Crippen LogP contribution in [0.2, 0.25) is 0 Å².